The van der Waals surface area contributed by atoms with Crippen LogP contribution < -0.4 is 15.1 Å². The van der Waals surface area contributed by atoms with Crippen LogP contribution in [-0.2, 0) is 14.3 Å². The second-order valence-electron chi connectivity index (χ2n) is 15.0. The number of aromatic amines is 1. The van der Waals surface area contributed by atoms with Crippen LogP contribution in [0, 0.1) is 17.8 Å². The topological polar surface area (TPSA) is 135 Å². The molecule has 2 N–H and O–H groups in total. The molecule has 0 radical (unpaired) electrons. The number of methoxy groups -OCH3 is 1. The first-order valence-corrected chi connectivity index (χ1v) is 19.2. The zero-order chi connectivity index (χ0) is 39.2. The summed E-state index contributed by atoms with van der Waals surface area (Å²) < 4.78 is 5.12. The minimum absolute atomic E-state index is 0.0900. The number of amides is 4. The van der Waals surface area contributed by atoms with Gasteiger partial charge in [0.15, 0.2) is 0 Å². The van der Waals surface area contributed by atoms with Crippen molar-refractivity contribution in [2.45, 2.75) is 18.9 Å². The number of piperidine rings is 1. The molecular weight excluding hydrogens is 721 g/mol. The van der Waals surface area contributed by atoms with E-state index in [1.165, 1.54) is 7.11 Å². The van der Waals surface area contributed by atoms with Crippen LogP contribution in [-0.4, -0.2) is 103 Å². The molecule has 286 valence electrons. The highest BCUT2D eigenvalue weighted by atomic mass is 16.5. The first-order chi connectivity index (χ1) is 27.7. The molecule has 4 aliphatic rings. The Morgan fingerprint density at radius 1 is 0.825 bits per heavy atom. The Morgan fingerprint density at radius 3 is 2.39 bits per heavy atom. The summed E-state index contributed by atoms with van der Waals surface area (Å²) in [6.07, 6.45) is 2.12. The number of anilines is 2. The molecule has 0 bridgehead atoms. The summed E-state index contributed by atoms with van der Waals surface area (Å²) in [6.45, 7) is 6.15. The molecular formula is C45H40N6O6. The molecule has 0 spiro atoms. The molecule has 12 nitrogen and oxygen atoms in total. The van der Waals surface area contributed by atoms with E-state index < -0.39 is 35.6 Å². The third-order valence-corrected chi connectivity index (χ3v) is 11.5. The number of nitrogens with zero attached hydrogens (tertiary/aromatic N) is 4. The van der Waals surface area contributed by atoms with Crippen molar-refractivity contribution in [3.63, 3.8) is 0 Å². The molecule has 57 heavy (non-hydrogen) atoms. The average Bonchev–Trinajstić information content (AvgIpc) is 3.79. The fourth-order valence-corrected chi connectivity index (χ4v) is 8.54. The Kier molecular flexibility index (Phi) is 9.30. The number of hydrogen-bond donors (Lipinski definition) is 2. The van der Waals surface area contributed by atoms with Crippen molar-refractivity contribution >= 4 is 51.9 Å². The molecule has 4 aliphatic heterocycles. The lowest BCUT2D eigenvalue weighted by atomic mass is 9.93. The van der Waals surface area contributed by atoms with Crippen LogP contribution in [0.15, 0.2) is 91.1 Å². The van der Waals surface area contributed by atoms with E-state index in [1.807, 2.05) is 60.8 Å². The summed E-state index contributed by atoms with van der Waals surface area (Å²) in [5.41, 5.74) is 7.20. The van der Waals surface area contributed by atoms with Crippen LogP contribution in [0.4, 0.5) is 11.4 Å². The number of hydrogen-bond acceptors (Lipinski definition) is 9. The number of esters is 1. The van der Waals surface area contributed by atoms with Crippen molar-refractivity contribution < 1.29 is 28.7 Å². The van der Waals surface area contributed by atoms with Crippen molar-refractivity contribution in [3.05, 3.63) is 119 Å². The maximum atomic E-state index is 13.6. The normalized spacial score (nSPS) is 18.6. The van der Waals surface area contributed by atoms with Crippen LogP contribution >= 0.6 is 0 Å². The minimum Gasteiger partial charge on any atom is -0.465 e. The predicted molar refractivity (Wildman–Crippen MR) is 215 cm³/mol. The largest absolute Gasteiger partial charge is 0.465 e. The van der Waals surface area contributed by atoms with Crippen LogP contribution in [0.5, 0.6) is 0 Å². The first-order valence-electron chi connectivity index (χ1n) is 19.2. The number of nitrogens with one attached hydrogen (secondary N) is 2. The van der Waals surface area contributed by atoms with Crippen LogP contribution in [0.3, 0.4) is 0 Å². The van der Waals surface area contributed by atoms with Gasteiger partial charge in [-0.3, -0.25) is 34.3 Å². The number of H-pyrrole nitrogens is 1. The number of fused-ring (bicyclic) bond motifs is 2. The summed E-state index contributed by atoms with van der Waals surface area (Å²) in [5, 5.41) is 3.34. The quantitative estimate of drug-likeness (QED) is 0.138. The molecule has 4 aromatic carbocycles. The van der Waals surface area contributed by atoms with Gasteiger partial charge in [-0.1, -0.05) is 36.1 Å². The van der Waals surface area contributed by atoms with Gasteiger partial charge in [-0.2, -0.15) is 0 Å². The summed E-state index contributed by atoms with van der Waals surface area (Å²) >= 11 is 0. The molecule has 5 aromatic rings. The Labute approximate surface area is 329 Å². The maximum Gasteiger partial charge on any atom is 0.338 e. The van der Waals surface area contributed by atoms with E-state index in [4.69, 9.17) is 4.74 Å². The highest BCUT2D eigenvalue weighted by molar-refractivity contribution is 6.25. The summed E-state index contributed by atoms with van der Waals surface area (Å²) in [7, 11) is 1.39. The van der Waals surface area contributed by atoms with Gasteiger partial charge in [-0.05, 0) is 78.0 Å². The molecule has 4 amide bonds. The third kappa shape index (κ3) is 6.70. The number of ether oxygens (including phenoxy) is 1. The maximum absolute atomic E-state index is 13.6. The third-order valence-electron chi connectivity index (χ3n) is 11.5. The number of carbonyl (C=O) groups excluding carboxylic acids is 5. The van der Waals surface area contributed by atoms with Crippen molar-refractivity contribution in [1.82, 2.24) is 20.1 Å². The molecule has 3 saturated heterocycles. The number of aromatic nitrogens is 1. The van der Waals surface area contributed by atoms with Gasteiger partial charge >= 0.3 is 5.97 Å². The average molecular weight is 761 g/mol. The van der Waals surface area contributed by atoms with E-state index in [0.717, 1.165) is 95.2 Å². The van der Waals surface area contributed by atoms with E-state index in [1.54, 1.807) is 18.2 Å². The lowest BCUT2D eigenvalue weighted by Crippen LogP contribution is -2.55. The smallest absolute Gasteiger partial charge is 0.338 e. The first kappa shape index (κ1) is 36.0. The Morgan fingerprint density at radius 2 is 1.61 bits per heavy atom. The van der Waals surface area contributed by atoms with Gasteiger partial charge in [-0.15, -0.1) is 0 Å². The van der Waals surface area contributed by atoms with Gasteiger partial charge in [0.1, 0.15) is 6.04 Å². The summed E-state index contributed by atoms with van der Waals surface area (Å²) in [5.74, 6) is 4.69. The van der Waals surface area contributed by atoms with Crippen LogP contribution in [0.25, 0.3) is 22.0 Å². The number of imide groups is 2. The lowest BCUT2D eigenvalue weighted by Gasteiger charge is -2.45. The standard InChI is InChI=1S/C45H40N6O6/c1-57-45(56)35-6-2-4-31(40(35)32-13-12-30-18-19-46-36(30)24-32)11-8-28-9-14-33(15-10-28)49-22-20-48(21-23-49)25-29-26-50(27-29)37-7-3-5-34-41(37)44(55)51(43(34)54)38-16-17-39(52)47-42(38)53/h2-7,9-10,12-15,18-19,24,29,38,46H,16-17,20-23,25-27H2,1H3,(H,47,52,53). The van der Waals surface area contributed by atoms with Gasteiger partial charge in [0, 0.05) is 92.2 Å². The van der Waals surface area contributed by atoms with Crippen LogP contribution in [0.2, 0.25) is 0 Å². The fraction of sp³-hybridized carbons (Fsp3) is 0.267. The van der Waals surface area contributed by atoms with E-state index >= 15 is 0 Å². The fourth-order valence-electron chi connectivity index (χ4n) is 8.54. The van der Waals surface area contributed by atoms with Crippen molar-refractivity contribution in [2.24, 2.45) is 5.92 Å². The molecule has 9 rings (SSSR count). The zero-order valence-electron chi connectivity index (χ0n) is 31.4. The lowest BCUT2D eigenvalue weighted by molar-refractivity contribution is -0.136. The molecule has 12 heteroatoms. The zero-order valence-corrected chi connectivity index (χ0v) is 31.4. The molecule has 1 unspecified atom stereocenters. The van der Waals surface area contributed by atoms with Crippen molar-refractivity contribution in [2.75, 3.05) is 62.7 Å². The number of rotatable bonds is 7. The summed E-state index contributed by atoms with van der Waals surface area (Å²) in [6, 6.07) is 26.2. The predicted octanol–water partition coefficient (Wildman–Crippen LogP) is 4.68. The van der Waals surface area contributed by atoms with E-state index in [-0.39, 0.29) is 12.8 Å². The van der Waals surface area contributed by atoms with E-state index in [0.29, 0.717) is 22.6 Å². The monoisotopic (exact) mass is 760 g/mol. The minimum atomic E-state index is -0.980. The van der Waals surface area contributed by atoms with Gasteiger partial charge < -0.3 is 19.5 Å². The van der Waals surface area contributed by atoms with E-state index in [2.05, 4.69) is 49.0 Å². The molecule has 5 heterocycles. The Bertz CT molecular complexity index is 2520. The van der Waals surface area contributed by atoms with Crippen molar-refractivity contribution in [1.29, 1.82) is 0 Å². The van der Waals surface area contributed by atoms with Crippen LogP contribution in [0.1, 0.15) is 55.0 Å². The second kappa shape index (κ2) is 14.7. The summed E-state index contributed by atoms with van der Waals surface area (Å²) in [4.78, 5) is 75.1. The van der Waals surface area contributed by atoms with E-state index in [9.17, 15) is 24.0 Å². The number of carbonyl (C=O) groups is 5. The van der Waals surface area contributed by atoms with Gasteiger partial charge in [0.25, 0.3) is 11.8 Å². The van der Waals surface area contributed by atoms with Gasteiger partial charge in [-0.25, -0.2) is 4.79 Å². The highest BCUT2D eigenvalue weighted by Crippen LogP contribution is 2.37. The molecule has 3 fully saturated rings. The van der Waals surface area contributed by atoms with Gasteiger partial charge in [0.05, 0.1) is 29.5 Å². The van der Waals surface area contributed by atoms with Crippen molar-refractivity contribution in [3.8, 4) is 23.0 Å². The SMILES string of the molecule is COC(=O)c1cccc(C#Cc2ccc(N3CCN(CC4CN(c5cccc6c5C(=O)N(C5CCC(=O)NC5=O)C6=O)C4)CC3)cc2)c1-c1ccc2cc[nH]c2c1. The number of benzene rings is 4. The highest BCUT2D eigenvalue weighted by Gasteiger charge is 2.47. The Balaban J connectivity index is 0.807. The molecule has 0 aliphatic carbocycles. The van der Waals surface area contributed by atoms with Gasteiger partial charge in [0.2, 0.25) is 11.8 Å². The molecule has 0 saturated carbocycles. The molecule has 1 atom stereocenters. The molecule has 1 aromatic heterocycles. The second-order valence-corrected chi connectivity index (χ2v) is 15.0. The number of piperazine rings is 1. The Hall–Kier alpha value is -6.71.